The second kappa shape index (κ2) is 8.84. The molecular formula is C23H26N4OS. The first-order chi connectivity index (χ1) is 14.1. The van der Waals surface area contributed by atoms with Gasteiger partial charge in [-0.15, -0.1) is 0 Å². The third-order valence-electron chi connectivity index (χ3n) is 5.11. The highest BCUT2D eigenvalue weighted by Gasteiger charge is 2.12. The van der Waals surface area contributed by atoms with Crippen molar-refractivity contribution in [3.8, 4) is 0 Å². The summed E-state index contributed by atoms with van der Waals surface area (Å²) >= 11 is 1.66. The Morgan fingerprint density at radius 3 is 2.52 bits per heavy atom. The number of nitrogens with zero attached hydrogens (tertiary/aromatic N) is 3. The summed E-state index contributed by atoms with van der Waals surface area (Å²) < 4.78 is 5.43. The molecule has 0 aliphatic carbocycles. The van der Waals surface area contributed by atoms with Crippen LogP contribution < -0.4 is 10.6 Å². The van der Waals surface area contributed by atoms with Gasteiger partial charge in [-0.2, -0.15) is 0 Å². The molecule has 0 unspecified atom stereocenters. The van der Waals surface area contributed by atoms with E-state index >= 15 is 0 Å². The first-order valence-electron chi connectivity index (χ1n) is 9.86. The summed E-state index contributed by atoms with van der Waals surface area (Å²) in [6.07, 6.45) is 2.63. The summed E-state index contributed by atoms with van der Waals surface area (Å²) in [6.45, 7) is 7.57. The van der Waals surface area contributed by atoms with Crippen molar-refractivity contribution in [2.45, 2.75) is 30.2 Å². The molecule has 0 atom stereocenters. The third kappa shape index (κ3) is 4.89. The van der Waals surface area contributed by atoms with Crippen molar-refractivity contribution < 1.29 is 4.74 Å². The quantitative estimate of drug-likeness (QED) is 0.505. The summed E-state index contributed by atoms with van der Waals surface area (Å²) in [4.78, 5) is 12.9. The number of hydrogen-bond donors (Lipinski definition) is 1. The lowest BCUT2D eigenvalue weighted by Gasteiger charge is -2.28. The van der Waals surface area contributed by atoms with Crippen LogP contribution in [-0.4, -0.2) is 36.3 Å². The van der Waals surface area contributed by atoms with Crippen molar-refractivity contribution in [1.82, 2.24) is 9.97 Å². The lowest BCUT2D eigenvalue weighted by Crippen LogP contribution is -2.36. The third-order valence-corrected chi connectivity index (χ3v) is 6.20. The van der Waals surface area contributed by atoms with Crippen LogP contribution in [-0.2, 0) is 11.2 Å². The van der Waals surface area contributed by atoms with Crippen molar-refractivity contribution in [3.05, 3.63) is 71.2 Å². The molecule has 6 heteroatoms. The van der Waals surface area contributed by atoms with Gasteiger partial charge in [0.25, 0.3) is 0 Å². The Balaban J connectivity index is 1.47. The van der Waals surface area contributed by atoms with E-state index in [1.807, 2.05) is 32.2 Å². The molecule has 29 heavy (non-hydrogen) atoms. The van der Waals surface area contributed by atoms with E-state index in [0.29, 0.717) is 0 Å². The molecule has 5 nitrogen and oxygen atoms in total. The Bertz CT molecular complexity index is 985. The zero-order valence-corrected chi connectivity index (χ0v) is 17.7. The van der Waals surface area contributed by atoms with Gasteiger partial charge in [-0.1, -0.05) is 23.9 Å². The zero-order valence-electron chi connectivity index (χ0n) is 16.9. The summed E-state index contributed by atoms with van der Waals surface area (Å²) in [5.74, 6) is 0.837. The van der Waals surface area contributed by atoms with Gasteiger partial charge in [0.15, 0.2) is 0 Å². The normalized spacial score (nSPS) is 14.2. The average Bonchev–Trinajstić information content (AvgIpc) is 2.74. The molecule has 0 spiro atoms. The summed E-state index contributed by atoms with van der Waals surface area (Å²) in [7, 11) is 0. The predicted molar refractivity (Wildman–Crippen MR) is 119 cm³/mol. The maximum Gasteiger partial charge on any atom is 0.133 e. The molecule has 1 saturated heterocycles. The second-order valence-electron chi connectivity index (χ2n) is 7.34. The number of anilines is 2. The minimum atomic E-state index is 0.720. The Morgan fingerprint density at radius 1 is 1.03 bits per heavy atom. The Hall–Kier alpha value is -2.57. The molecule has 0 radical (unpaired) electrons. The first kappa shape index (κ1) is 19.7. The number of nitrogen functional groups attached to an aromatic ring is 1. The van der Waals surface area contributed by atoms with Crippen LogP contribution in [0.4, 0.5) is 11.4 Å². The highest BCUT2D eigenvalue weighted by molar-refractivity contribution is 7.99. The lowest BCUT2D eigenvalue weighted by molar-refractivity contribution is 0.122. The Morgan fingerprint density at radius 2 is 1.79 bits per heavy atom. The molecule has 3 aromatic rings. The SMILES string of the molecule is Cc1cc(Sc2nc(Cc3ccc(N4CCOCC4)cc3)ncc2C)ccc1N. The standard InChI is InChI=1S/C23H26N4OS/c1-16-13-20(7-8-21(16)24)29-23-17(2)15-25-22(26-23)14-18-3-5-19(6-4-18)27-9-11-28-12-10-27/h3-8,13,15H,9-12,14,24H2,1-2H3. The van der Waals surface area contributed by atoms with E-state index in [1.54, 1.807) is 11.8 Å². The number of hydrogen-bond acceptors (Lipinski definition) is 6. The van der Waals surface area contributed by atoms with Gasteiger partial charge in [-0.05, 0) is 60.9 Å². The van der Waals surface area contributed by atoms with Gasteiger partial charge in [0.2, 0.25) is 0 Å². The van der Waals surface area contributed by atoms with Crippen LogP contribution in [0.2, 0.25) is 0 Å². The number of ether oxygens (including phenoxy) is 1. The maximum absolute atomic E-state index is 5.94. The highest BCUT2D eigenvalue weighted by Crippen LogP contribution is 2.30. The Kier molecular flexibility index (Phi) is 6.02. The molecule has 2 heterocycles. The van der Waals surface area contributed by atoms with E-state index in [1.165, 1.54) is 11.3 Å². The molecule has 2 aromatic carbocycles. The van der Waals surface area contributed by atoms with Gasteiger partial charge in [-0.3, -0.25) is 0 Å². The number of nitrogens with two attached hydrogens (primary N) is 1. The Labute approximate surface area is 176 Å². The summed E-state index contributed by atoms with van der Waals surface area (Å²) in [6, 6.07) is 14.8. The fourth-order valence-corrected chi connectivity index (χ4v) is 4.26. The van der Waals surface area contributed by atoms with Gasteiger partial charge in [-0.25, -0.2) is 9.97 Å². The van der Waals surface area contributed by atoms with Crippen LogP contribution >= 0.6 is 11.8 Å². The summed E-state index contributed by atoms with van der Waals surface area (Å²) in [5.41, 5.74) is 11.4. The van der Waals surface area contributed by atoms with Gasteiger partial charge in [0.05, 0.1) is 13.2 Å². The van der Waals surface area contributed by atoms with Crippen LogP contribution in [0.5, 0.6) is 0 Å². The van der Waals surface area contributed by atoms with Gasteiger partial charge >= 0.3 is 0 Å². The molecule has 1 aromatic heterocycles. The van der Waals surface area contributed by atoms with Crippen LogP contribution in [0.15, 0.2) is 58.6 Å². The topological polar surface area (TPSA) is 64.3 Å². The first-order valence-corrected chi connectivity index (χ1v) is 10.7. The van der Waals surface area contributed by atoms with Crippen molar-refractivity contribution in [1.29, 1.82) is 0 Å². The molecule has 4 rings (SSSR count). The molecule has 0 amide bonds. The number of morpholine rings is 1. The number of benzene rings is 2. The van der Waals surface area contributed by atoms with Crippen LogP contribution in [0, 0.1) is 13.8 Å². The van der Waals surface area contributed by atoms with E-state index in [0.717, 1.165) is 65.3 Å². The van der Waals surface area contributed by atoms with E-state index in [9.17, 15) is 0 Å². The number of aryl methyl sites for hydroxylation is 2. The van der Waals surface area contributed by atoms with Gasteiger partial charge in [0.1, 0.15) is 10.9 Å². The summed E-state index contributed by atoms with van der Waals surface area (Å²) in [5, 5.41) is 0.990. The molecule has 0 bridgehead atoms. The van der Waals surface area contributed by atoms with Crippen molar-refractivity contribution in [2.75, 3.05) is 36.9 Å². The lowest BCUT2D eigenvalue weighted by atomic mass is 10.1. The van der Waals surface area contributed by atoms with Crippen LogP contribution in [0.25, 0.3) is 0 Å². The van der Waals surface area contributed by atoms with E-state index < -0.39 is 0 Å². The zero-order chi connectivity index (χ0) is 20.2. The minimum absolute atomic E-state index is 0.720. The maximum atomic E-state index is 5.94. The van der Waals surface area contributed by atoms with E-state index in [-0.39, 0.29) is 0 Å². The molecule has 2 N–H and O–H groups in total. The smallest absolute Gasteiger partial charge is 0.133 e. The molecule has 150 valence electrons. The average molecular weight is 407 g/mol. The highest BCUT2D eigenvalue weighted by atomic mass is 32.2. The molecule has 1 fully saturated rings. The van der Waals surface area contributed by atoms with Crippen LogP contribution in [0.1, 0.15) is 22.5 Å². The minimum Gasteiger partial charge on any atom is -0.399 e. The molecule has 1 aliphatic rings. The van der Waals surface area contributed by atoms with Gasteiger partial charge < -0.3 is 15.4 Å². The fraction of sp³-hybridized carbons (Fsp3) is 0.304. The second-order valence-corrected chi connectivity index (χ2v) is 8.40. The number of rotatable bonds is 5. The van der Waals surface area contributed by atoms with Crippen LogP contribution in [0.3, 0.4) is 0 Å². The molecular weight excluding hydrogens is 380 g/mol. The molecule has 1 aliphatic heterocycles. The van der Waals surface area contributed by atoms with Gasteiger partial charge in [0, 0.05) is 42.0 Å². The van der Waals surface area contributed by atoms with E-state index in [4.69, 9.17) is 15.5 Å². The van der Waals surface area contributed by atoms with Crippen molar-refractivity contribution in [3.63, 3.8) is 0 Å². The van der Waals surface area contributed by atoms with E-state index in [2.05, 4.69) is 40.2 Å². The number of aromatic nitrogens is 2. The fourth-order valence-electron chi connectivity index (χ4n) is 3.30. The predicted octanol–water partition coefficient (Wildman–Crippen LogP) is 4.25. The van der Waals surface area contributed by atoms with Crippen molar-refractivity contribution >= 4 is 23.1 Å². The largest absolute Gasteiger partial charge is 0.399 e. The molecule has 0 saturated carbocycles. The monoisotopic (exact) mass is 406 g/mol. The van der Waals surface area contributed by atoms with Crippen molar-refractivity contribution in [2.24, 2.45) is 0 Å².